The van der Waals surface area contributed by atoms with Crippen LogP contribution in [0.1, 0.15) is 37.8 Å². The lowest BCUT2D eigenvalue weighted by Gasteiger charge is -2.36. The first kappa shape index (κ1) is 16.8. The molecule has 2 N–H and O–H groups in total. The van der Waals surface area contributed by atoms with E-state index in [1.807, 2.05) is 38.1 Å². The van der Waals surface area contributed by atoms with Crippen LogP contribution in [0, 0.1) is 0 Å². The minimum Gasteiger partial charge on any atom is -0.380 e. The number of hydrogen-bond donors (Lipinski definition) is 2. The van der Waals surface area contributed by atoms with E-state index in [1.165, 1.54) is 0 Å². The molecule has 0 unspecified atom stereocenters. The molecule has 1 aromatic rings. The van der Waals surface area contributed by atoms with Gasteiger partial charge in [-0.2, -0.15) is 0 Å². The van der Waals surface area contributed by atoms with Gasteiger partial charge >= 0.3 is 6.03 Å². The van der Waals surface area contributed by atoms with Crippen LogP contribution >= 0.6 is 0 Å². The summed E-state index contributed by atoms with van der Waals surface area (Å²) in [5.41, 5.74) is 2.17. The molecule has 0 spiro atoms. The fraction of sp³-hybridized carbons (Fsp3) is 0.588. The van der Waals surface area contributed by atoms with E-state index in [0.29, 0.717) is 13.2 Å². The van der Waals surface area contributed by atoms with Gasteiger partial charge in [-0.3, -0.25) is 0 Å². The number of ether oxygens (including phenoxy) is 2. The zero-order valence-corrected chi connectivity index (χ0v) is 13.6. The minimum atomic E-state index is -0.125. The summed E-state index contributed by atoms with van der Waals surface area (Å²) >= 11 is 0. The maximum atomic E-state index is 11.9. The van der Waals surface area contributed by atoms with Gasteiger partial charge in [-0.15, -0.1) is 0 Å². The summed E-state index contributed by atoms with van der Waals surface area (Å²) in [6.07, 6.45) is 2.32. The zero-order chi connectivity index (χ0) is 15.9. The highest BCUT2D eigenvalue weighted by molar-refractivity contribution is 5.74. The number of nitrogens with one attached hydrogen (secondary N) is 2. The number of hydrogen-bond acceptors (Lipinski definition) is 3. The van der Waals surface area contributed by atoms with Crippen molar-refractivity contribution >= 4 is 6.03 Å². The van der Waals surface area contributed by atoms with Gasteiger partial charge in [0.1, 0.15) is 0 Å². The Morgan fingerprint density at radius 1 is 1.27 bits per heavy atom. The number of urea groups is 1. The molecule has 22 heavy (non-hydrogen) atoms. The van der Waals surface area contributed by atoms with Gasteiger partial charge in [-0.25, -0.2) is 4.79 Å². The molecule has 0 bridgehead atoms. The van der Waals surface area contributed by atoms with Crippen LogP contribution < -0.4 is 10.6 Å². The molecule has 5 nitrogen and oxygen atoms in total. The Morgan fingerprint density at radius 2 is 1.95 bits per heavy atom. The highest BCUT2D eigenvalue weighted by atomic mass is 16.5. The highest BCUT2D eigenvalue weighted by Crippen LogP contribution is 2.24. The molecular formula is C17H26N2O3. The van der Waals surface area contributed by atoms with Gasteiger partial charge < -0.3 is 20.1 Å². The summed E-state index contributed by atoms with van der Waals surface area (Å²) in [6.45, 7) is 5.12. The van der Waals surface area contributed by atoms with E-state index in [2.05, 4.69) is 10.6 Å². The Morgan fingerprint density at radius 3 is 2.59 bits per heavy atom. The molecule has 5 heteroatoms. The van der Waals surface area contributed by atoms with E-state index in [9.17, 15) is 4.79 Å². The van der Waals surface area contributed by atoms with Gasteiger partial charge in [-0.05, 0) is 37.8 Å². The lowest BCUT2D eigenvalue weighted by Crippen LogP contribution is -2.51. The second kappa shape index (κ2) is 8.15. The number of carbonyl (C=O) groups is 1. The molecule has 2 amide bonds. The predicted molar refractivity (Wildman–Crippen MR) is 85.6 cm³/mol. The first-order chi connectivity index (χ1) is 10.6. The molecule has 2 rings (SSSR count). The molecule has 1 aliphatic carbocycles. The molecule has 0 heterocycles. The van der Waals surface area contributed by atoms with Crippen molar-refractivity contribution in [2.45, 2.75) is 58.1 Å². The van der Waals surface area contributed by atoms with E-state index in [0.717, 1.165) is 24.0 Å². The molecular weight excluding hydrogens is 280 g/mol. The Hall–Kier alpha value is -1.59. The number of amides is 2. The van der Waals surface area contributed by atoms with Gasteiger partial charge in [0.25, 0.3) is 0 Å². The third-order valence-electron chi connectivity index (χ3n) is 3.75. The second-order valence-corrected chi connectivity index (χ2v) is 6.00. The smallest absolute Gasteiger partial charge is 0.315 e. The lowest BCUT2D eigenvalue weighted by molar-refractivity contribution is -0.0475. The summed E-state index contributed by atoms with van der Waals surface area (Å²) in [4.78, 5) is 11.9. The van der Waals surface area contributed by atoms with Crippen molar-refractivity contribution < 1.29 is 14.3 Å². The lowest BCUT2D eigenvalue weighted by atomic mass is 9.89. The van der Waals surface area contributed by atoms with Crippen LogP contribution in [0.5, 0.6) is 0 Å². The highest BCUT2D eigenvalue weighted by Gasteiger charge is 2.31. The summed E-state index contributed by atoms with van der Waals surface area (Å²) < 4.78 is 10.9. The maximum Gasteiger partial charge on any atom is 0.315 e. The number of methoxy groups -OCH3 is 1. The van der Waals surface area contributed by atoms with Gasteiger partial charge in [0.05, 0.1) is 18.8 Å². The largest absolute Gasteiger partial charge is 0.380 e. The van der Waals surface area contributed by atoms with Crippen molar-refractivity contribution in [1.82, 2.24) is 10.6 Å². The van der Waals surface area contributed by atoms with Gasteiger partial charge in [0.2, 0.25) is 0 Å². The van der Waals surface area contributed by atoms with Crippen LogP contribution in [0.4, 0.5) is 4.79 Å². The topological polar surface area (TPSA) is 59.6 Å². The minimum absolute atomic E-state index is 0.125. The van der Waals surface area contributed by atoms with Crippen molar-refractivity contribution in [3.8, 4) is 0 Å². The van der Waals surface area contributed by atoms with Gasteiger partial charge in [0.15, 0.2) is 0 Å². The Labute approximate surface area is 132 Å². The first-order valence-electron chi connectivity index (χ1n) is 7.84. The SMILES string of the molecule is COCc1ccccc1CNC(=O)NC1CC(OC(C)C)C1. The summed E-state index contributed by atoms with van der Waals surface area (Å²) in [7, 11) is 1.67. The van der Waals surface area contributed by atoms with E-state index in [-0.39, 0.29) is 24.3 Å². The van der Waals surface area contributed by atoms with Crippen LogP contribution in [0.25, 0.3) is 0 Å². The molecule has 1 aliphatic rings. The van der Waals surface area contributed by atoms with E-state index >= 15 is 0 Å². The average Bonchev–Trinajstić information content (AvgIpc) is 2.44. The Balaban J connectivity index is 1.71. The molecule has 0 atom stereocenters. The summed E-state index contributed by atoms with van der Waals surface area (Å²) in [6, 6.07) is 8.05. The van der Waals surface area contributed by atoms with E-state index in [4.69, 9.17) is 9.47 Å². The van der Waals surface area contributed by atoms with Crippen LogP contribution in [0.15, 0.2) is 24.3 Å². The average molecular weight is 306 g/mol. The molecule has 1 aromatic carbocycles. The fourth-order valence-corrected chi connectivity index (χ4v) is 2.62. The Kier molecular flexibility index (Phi) is 6.21. The zero-order valence-electron chi connectivity index (χ0n) is 13.6. The van der Waals surface area contributed by atoms with Crippen LogP contribution in [-0.4, -0.2) is 31.4 Å². The monoisotopic (exact) mass is 306 g/mol. The van der Waals surface area contributed by atoms with Crippen molar-refractivity contribution in [3.05, 3.63) is 35.4 Å². The van der Waals surface area contributed by atoms with Crippen LogP contribution in [0.2, 0.25) is 0 Å². The van der Waals surface area contributed by atoms with E-state index in [1.54, 1.807) is 7.11 Å². The van der Waals surface area contributed by atoms with Crippen molar-refractivity contribution in [2.24, 2.45) is 0 Å². The fourth-order valence-electron chi connectivity index (χ4n) is 2.62. The van der Waals surface area contributed by atoms with Crippen LogP contribution in [0.3, 0.4) is 0 Å². The van der Waals surface area contributed by atoms with Crippen molar-refractivity contribution in [1.29, 1.82) is 0 Å². The second-order valence-electron chi connectivity index (χ2n) is 6.00. The molecule has 0 aromatic heterocycles. The summed E-state index contributed by atoms with van der Waals surface area (Å²) in [5.74, 6) is 0. The normalized spacial score (nSPS) is 20.5. The first-order valence-corrected chi connectivity index (χ1v) is 7.84. The molecule has 0 saturated heterocycles. The molecule has 0 radical (unpaired) electrons. The maximum absolute atomic E-state index is 11.9. The van der Waals surface area contributed by atoms with Gasteiger partial charge in [-0.1, -0.05) is 24.3 Å². The third kappa shape index (κ3) is 5.00. The van der Waals surface area contributed by atoms with Gasteiger partial charge in [0, 0.05) is 19.7 Å². The molecule has 1 fully saturated rings. The number of carbonyl (C=O) groups excluding carboxylic acids is 1. The predicted octanol–water partition coefficient (Wildman–Crippen LogP) is 2.59. The Bertz CT molecular complexity index is 485. The molecule has 0 aliphatic heterocycles. The standard InChI is InChI=1S/C17H26N2O3/c1-12(2)22-16-8-15(9-16)19-17(20)18-10-13-6-4-5-7-14(13)11-21-3/h4-7,12,15-16H,8-11H2,1-3H3,(H2,18,19,20). The van der Waals surface area contributed by atoms with Crippen molar-refractivity contribution in [3.63, 3.8) is 0 Å². The van der Waals surface area contributed by atoms with E-state index < -0.39 is 0 Å². The van der Waals surface area contributed by atoms with Crippen LogP contribution in [-0.2, 0) is 22.6 Å². The van der Waals surface area contributed by atoms with Crippen molar-refractivity contribution in [2.75, 3.05) is 7.11 Å². The number of rotatable bonds is 7. The quantitative estimate of drug-likeness (QED) is 0.814. The summed E-state index contributed by atoms with van der Waals surface area (Å²) in [5, 5.41) is 5.89. The molecule has 1 saturated carbocycles. The third-order valence-corrected chi connectivity index (χ3v) is 3.75. The number of benzene rings is 1. The molecule has 122 valence electrons.